The Kier molecular flexibility index (Phi) is 31.6. The molecule has 0 unspecified atom stereocenters. The summed E-state index contributed by atoms with van der Waals surface area (Å²) in [5.74, 6) is 1.01. The lowest BCUT2D eigenvalue weighted by molar-refractivity contribution is -0.0162. The van der Waals surface area contributed by atoms with E-state index in [1.807, 2.05) is 25.6 Å². The summed E-state index contributed by atoms with van der Waals surface area (Å²) in [4.78, 5) is 0. The van der Waals surface area contributed by atoms with Crippen LogP contribution in [0, 0.1) is 0 Å². The number of hydrogen-bond donors (Lipinski definition) is 0. The highest BCUT2D eigenvalue weighted by Crippen LogP contribution is 2.36. The third-order valence-electron chi connectivity index (χ3n) is 8.22. The van der Waals surface area contributed by atoms with Gasteiger partial charge in [-0.15, -0.1) is 0 Å². The van der Waals surface area contributed by atoms with Crippen LogP contribution < -0.4 is 0 Å². The van der Waals surface area contributed by atoms with Crippen molar-refractivity contribution in [2.45, 2.75) is 122 Å². The summed E-state index contributed by atoms with van der Waals surface area (Å²) in [6, 6.07) is 11.5. The molecule has 0 saturated carbocycles. The SMILES string of the molecule is CCCCCCCCCCCCCOCCOCCOCCOCCOCCO[Si](CCCSC(C)(C)c1ccccc1)(OCC)OCC. The summed E-state index contributed by atoms with van der Waals surface area (Å²) in [5.41, 5.74) is 1.34. The van der Waals surface area contributed by atoms with E-state index in [2.05, 4.69) is 51.1 Å². The fraction of sp³-hybridized carbons (Fsp3) is 0.846. The van der Waals surface area contributed by atoms with E-state index >= 15 is 0 Å². The van der Waals surface area contributed by atoms with Gasteiger partial charge in [0.25, 0.3) is 0 Å². The maximum absolute atomic E-state index is 6.26. The molecule has 1 rings (SSSR count). The molecule has 0 spiro atoms. The van der Waals surface area contributed by atoms with Gasteiger partial charge < -0.3 is 37.0 Å². The molecule has 1 aromatic rings. The fourth-order valence-corrected chi connectivity index (χ4v) is 9.35. The number of ether oxygens (including phenoxy) is 5. The van der Waals surface area contributed by atoms with Gasteiger partial charge in [0.2, 0.25) is 0 Å². The van der Waals surface area contributed by atoms with Crippen LogP contribution in [0.2, 0.25) is 6.04 Å². The van der Waals surface area contributed by atoms with Crippen molar-refractivity contribution in [3.8, 4) is 0 Å². The summed E-state index contributed by atoms with van der Waals surface area (Å²) in [6.07, 6.45) is 15.9. The fourth-order valence-electron chi connectivity index (χ4n) is 5.43. The molecular formula is C39H74O8SSi. The van der Waals surface area contributed by atoms with Crippen LogP contribution in [-0.4, -0.2) is 100 Å². The van der Waals surface area contributed by atoms with Gasteiger partial charge in [-0.2, -0.15) is 11.8 Å². The minimum Gasteiger partial charge on any atom is -0.379 e. The van der Waals surface area contributed by atoms with Gasteiger partial charge >= 0.3 is 8.80 Å². The molecule has 0 amide bonds. The van der Waals surface area contributed by atoms with Gasteiger partial charge in [0, 0.05) is 30.6 Å². The Balaban J connectivity index is 1.93. The first kappa shape index (κ1) is 46.5. The molecule has 0 heterocycles. The third-order valence-corrected chi connectivity index (χ3v) is 12.7. The second kappa shape index (κ2) is 33.3. The average Bonchev–Trinajstić information content (AvgIpc) is 3.10. The number of benzene rings is 1. The van der Waals surface area contributed by atoms with E-state index in [-0.39, 0.29) is 4.75 Å². The van der Waals surface area contributed by atoms with E-state index in [1.165, 1.54) is 69.8 Å². The van der Waals surface area contributed by atoms with Gasteiger partial charge in [-0.25, -0.2) is 0 Å². The average molecular weight is 731 g/mol. The predicted molar refractivity (Wildman–Crippen MR) is 207 cm³/mol. The summed E-state index contributed by atoms with van der Waals surface area (Å²) < 4.78 is 46.8. The largest absolute Gasteiger partial charge is 0.501 e. The van der Waals surface area contributed by atoms with Crippen molar-refractivity contribution in [2.24, 2.45) is 0 Å². The molecule has 10 heteroatoms. The Morgan fingerprint density at radius 3 is 1.39 bits per heavy atom. The minimum absolute atomic E-state index is 0.0566. The van der Waals surface area contributed by atoms with Gasteiger partial charge in [-0.05, 0) is 51.9 Å². The van der Waals surface area contributed by atoms with E-state index in [4.69, 9.17) is 37.0 Å². The standard InChI is InChI=1S/C39H74O8SSi/c1-6-9-10-11-12-13-14-15-16-17-21-25-40-26-27-41-28-29-42-30-31-43-32-33-44-34-35-47-49(45-7-2,46-8-3)37-22-36-48-39(4,5)38-23-19-18-20-24-38/h18-20,23-24H,6-17,21-22,25-37H2,1-5H3. The summed E-state index contributed by atoms with van der Waals surface area (Å²) in [7, 11) is -2.75. The van der Waals surface area contributed by atoms with E-state index in [1.54, 1.807) is 0 Å². The molecule has 0 N–H and O–H groups in total. The lowest BCUT2D eigenvalue weighted by Crippen LogP contribution is -2.46. The lowest BCUT2D eigenvalue weighted by Gasteiger charge is -2.30. The van der Waals surface area contributed by atoms with Crippen LogP contribution in [-0.2, 0) is 41.7 Å². The van der Waals surface area contributed by atoms with Crippen LogP contribution in [0.5, 0.6) is 0 Å². The van der Waals surface area contributed by atoms with Crippen molar-refractivity contribution in [1.82, 2.24) is 0 Å². The Hall–Kier alpha value is -0.533. The lowest BCUT2D eigenvalue weighted by atomic mass is 10.0. The zero-order valence-corrected chi connectivity index (χ0v) is 34.0. The van der Waals surface area contributed by atoms with Gasteiger partial charge in [0.1, 0.15) is 0 Å². The number of rotatable bonds is 38. The molecule has 0 fully saturated rings. The Morgan fingerprint density at radius 1 is 0.490 bits per heavy atom. The van der Waals surface area contributed by atoms with Crippen LogP contribution in [0.1, 0.15) is 117 Å². The molecule has 288 valence electrons. The Morgan fingerprint density at radius 2 is 0.918 bits per heavy atom. The van der Waals surface area contributed by atoms with E-state index in [0.717, 1.165) is 31.2 Å². The molecular weight excluding hydrogens is 657 g/mol. The molecule has 0 bridgehead atoms. The summed E-state index contributed by atoms with van der Waals surface area (Å²) in [5, 5.41) is 0. The van der Waals surface area contributed by atoms with Crippen LogP contribution in [0.15, 0.2) is 30.3 Å². The molecule has 0 aliphatic carbocycles. The number of thioether (sulfide) groups is 1. The summed E-state index contributed by atoms with van der Waals surface area (Å²) in [6.45, 7) is 18.2. The molecule has 0 aromatic heterocycles. The zero-order chi connectivity index (χ0) is 35.6. The second-order valence-corrected chi connectivity index (χ2v) is 17.3. The molecule has 0 aliphatic rings. The van der Waals surface area contributed by atoms with Crippen LogP contribution >= 0.6 is 11.8 Å². The molecule has 0 radical (unpaired) electrons. The highest BCUT2D eigenvalue weighted by molar-refractivity contribution is 8.00. The van der Waals surface area contributed by atoms with Crippen molar-refractivity contribution >= 4 is 20.6 Å². The molecule has 1 aromatic carbocycles. The van der Waals surface area contributed by atoms with Crippen LogP contribution in [0.3, 0.4) is 0 Å². The van der Waals surface area contributed by atoms with E-state index in [0.29, 0.717) is 79.3 Å². The first-order valence-corrected chi connectivity index (χ1v) is 22.4. The summed E-state index contributed by atoms with van der Waals surface area (Å²) >= 11 is 1.96. The van der Waals surface area contributed by atoms with Crippen LogP contribution in [0.25, 0.3) is 0 Å². The van der Waals surface area contributed by atoms with Gasteiger partial charge in [0.05, 0.1) is 66.1 Å². The smallest absolute Gasteiger partial charge is 0.379 e. The Labute approximate surface area is 306 Å². The van der Waals surface area contributed by atoms with E-state index in [9.17, 15) is 0 Å². The Bertz CT molecular complexity index is 813. The quantitative estimate of drug-likeness (QED) is 0.0489. The monoisotopic (exact) mass is 730 g/mol. The van der Waals surface area contributed by atoms with Crippen molar-refractivity contribution < 1.29 is 37.0 Å². The maximum atomic E-state index is 6.26. The van der Waals surface area contributed by atoms with Gasteiger partial charge in [-0.1, -0.05) is 101 Å². The number of hydrogen-bond acceptors (Lipinski definition) is 9. The van der Waals surface area contributed by atoms with Crippen molar-refractivity contribution in [3.63, 3.8) is 0 Å². The molecule has 8 nitrogen and oxygen atoms in total. The molecule has 49 heavy (non-hydrogen) atoms. The third kappa shape index (κ3) is 26.8. The van der Waals surface area contributed by atoms with Gasteiger partial charge in [-0.3, -0.25) is 0 Å². The second-order valence-electron chi connectivity index (χ2n) is 12.8. The predicted octanol–water partition coefficient (Wildman–Crippen LogP) is 9.47. The molecule has 0 saturated heterocycles. The van der Waals surface area contributed by atoms with Crippen LogP contribution in [0.4, 0.5) is 0 Å². The first-order chi connectivity index (χ1) is 24.0. The van der Waals surface area contributed by atoms with E-state index < -0.39 is 8.80 Å². The first-order valence-electron chi connectivity index (χ1n) is 19.5. The van der Waals surface area contributed by atoms with Crippen molar-refractivity contribution in [3.05, 3.63) is 35.9 Å². The number of unbranched alkanes of at least 4 members (excludes halogenated alkanes) is 10. The highest BCUT2D eigenvalue weighted by Gasteiger charge is 2.40. The highest BCUT2D eigenvalue weighted by atomic mass is 32.2. The van der Waals surface area contributed by atoms with Gasteiger partial charge in [0.15, 0.2) is 0 Å². The maximum Gasteiger partial charge on any atom is 0.501 e. The topological polar surface area (TPSA) is 73.8 Å². The van der Waals surface area contributed by atoms with Crippen molar-refractivity contribution in [2.75, 3.05) is 91.6 Å². The zero-order valence-electron chi connectivity index (χ0n) is 32.2. The normalized spacial score (nSPS) is 12.3. The van der Waals surface area contributed by atoms with Crippen molar-refractivity contribution in [1.29, 1.82) is 0 Å². The minimum atomic E-state index is -2.75. The molecule has 0 atom stereocenters. The molecule has 0 aliphatic heterocycles.